The van der Waals surface area contributed by atoms with Crippen LogP contribution in [0.25, 0.3) is 22.0 Å². The number of nitrogens with zero attached hydrogens (tertiary/aromatic N) is 1. The number of rotatable bonds is 10. The number of amides is 2. The first kappa shape index (κ1) is 35.8. The molecule has 1 unspecified atom stereocenters. The molecule has 0 aliphatic rings. The first-order chi connectivity index (χ1) is 23.1. The predicted molar refractivity (Wildman–Crippen MR) is 205 cm³/mol. The van der Waals surface area contributed by atoms with Gasteiger partial charge in [0.25, 0.3) is 11.8 Å². The number of fused-ring (bicyclic) bond motifs is 1. The smallest absolute Gasteiger partial charge is 0.274 e. The average molecular weight is 674 g/mol. The van der Waals surface area contributed by atoms with Crippen LogP contribution in [0.4, 0.5) is 0 Å². The van der Waals surface area contributed by atoms with Crippen LogP contribution in [0, 0.1) is 13.8 Å². The van der Waals surface area contributed by atoms with Crippen molar-refractivity contribution in [2.24, 2.45) is 0 Å². The van der Waals surface area contributed by atoms with Crippen LogP contribution in [0.2, 0.25) is 18.1 Å². The minimum absolute atomic E-state index is 0.0201. The SMILES string of the molecule is Cc1c(C)n(Cc2ccc(-c3ccccc3C(=O)NO[Si](C)(C)C(C)(C)C)cc2)c2ccc(C(=O)NC(C)c3cccc(C(C)C)c3)cc12. The van der Waals surface area contributed by atoms with Gasteiger partial charge in [-0.15, -0.1) is 0 Å². The predicted octanol–water partition coefficient (Wildman–Crippen LogP) is 10.3. The number of aromatic nitrogens is 1. The van der Waals surface area contributed by atoms with Gasteiger partial charge >= 0.3 is 0 Å². The normalized spacial score (nSPS) is 12.7. The van der Waals surface area contributed by atoms with Gasteiger partial charge in [0.2, 0.25) is 8.32 Å². The molecule has 1 aromatic heterocycles. The van der Waals surface area contributed by atoms with Crippen LogP contribution in [-0.2, 0) is 11.1 Å². The van der Waals surface area contributed by atoms with Gasteiger partial charge in [-0.3, -0.25) is 9.59 Å². The van der Waals surface area contributed by atoms with Crippen LogP contribution in [-0.4, -0.2) is 24.7 Å². The molecular weight excluding hydrogens is 623 g/mol. The van der Waals surface area contributed by atoms with Crippen molar-refractivity contribution in [1.82, 2.24) is 15.4 Å². The third-order valence-corrected chi connectivity index (χ3v) is 14.5. The summed E-state index contributed by atoms with van der Waals surface area (Å²) in [4.78, 5) is 26.6. The fourth-order valence-corrected chi connectivity index (χ4v) is 6.49. The summed E-state index contributed by atoms with van der Waals surface area (Å²) in [7, 11) is -2.15. The molecule has 5 rings (SSSR count). The number of aryl methyl sites for hydroxylation is 1. The number of hydroxylamine groups is 1. The number of nitrogens with one attached hydrogen (secondary N) is 2. The van der Waals surface area contributed by atoms with E-state index >= 15 is 0 Å². The van der Waals surface area contributed by atoms with Gasteiger partial charge in [-0.25, -0.2) is 5.48 Å². The molecule has 0 saturated heterocycles. The standard InChI is InChI=1S/C42H51N3O3Si/c1-27(2)33-14-13-15-34(24-33)29(4)43-40(46)35-22-23-39-38(25-35)28(3)30(5)45(39)26-31-18-20-32(21-19-31)36-16-11-12-17-37(36)41(47)44-48-49(9,10)42(6,7)8/h11-25,27,29H,26H2,1-10H3,(H,43,46)(H,44,47). The highest BCUT2D eigenvalue weighted by Gasteiger charge is 2.39. The minimum atomic E-state index is -2.15. The molecular formula is C42H51N3O3Si. The Labute approximate surface area is 293 Å². The number of carbonyl (C=O) groups is 2. The maximum absolute atomic E-state index is 13.4. The van der Waals surface area contributed by atoms with Crippen molar-refractivity contribution in [3.8, 4) is 11.1 Å². The van der Waals surface area contributed by atoms with Gasteiger partial charge in [0, 0.05) is 34.3 Å². The monoisotopic (exact) mass is 673 g/mol. The van der Waals surface area contributed by atoms with Crippen molar-refractivity contribution in [2.75, 3.05) is 0 Å². The highest BCUT2D eigenvalue weighted by atomic mass is 28.4. The van der Waals surface area contributed by atoms with Gasteiger partial charge in [0.1, 0.15) is 0 Å². The highest BCUT2D eigenvalue weighted by molar-refractivity contribution is 6.74. The molecule has 0 aliphatic carbocycles. The van der Waals surface area contributed by atoms with Crippen molar-refractivity contribution in [3.05, 3.63) is 130 Å². The van der Waals surface area contributed by atoms with E-state index in [0.29, 0.717) is 23.6 Å². The maximum atomic E-state index is 13.4. The van der Waals surface area contributed by atoms with Gasteiger partial charge < -0.3 is 14.4 Å². The fraction of sp³-hybridized carbons (Fsp3) is 0.333. The molecule has 256 valence electrons. The molecule has 0 aliphatic heterocycles. The second kappa shape index (κ2) is 14.2. The second-order valence-electron chi connectivity index (χ2n) is 15.1. The van der Waals surface area contributed by atoms with E-state index in [1.165, 1.54) is 16.8 Å². The molecule has 1 heterocycles. The Balaban J connectivity index is 1.32. The van der Waals surface area contributed by atoms with E-state index in [0.717, 1.165) is 33.2 Å². The molecule has 6 nitrogen and oxygen atoms in total. The third-order valence-electron chi connectivity index (χ3n) is 10.3. The number of benzene rings is 4. The van der Waals surface area contributed by atoms with Crippen LogP contribution >= 0.6 is 0 Å². The van der Waals surface area contributed by atoms with Crippen molar-refractivity contribution in [1.29, 1.82) is 0 Å². The van der Waals surface area contributed by atoms with Crippen LogP contribution in [0.3, 0.4) is 0 Å². The maximum Gasteiger partial charge on any atom is 0.274 e. The Morgan fingerprint density at radius 1 is 0.816 bits per heavy atom. The van der Waals surface area contributed by atoms with E-state index in [9.17, 15) is 9.59 Å². The summed E-state index contributed by atoms with van der Waals surface area (Å²) in [5.74, 6) is 0.115. The van der Waals surface area contributed by atoms with Crippen LogP contribution < -0.4 is 10.8 Å². The lowest BCUT2D eigenvalue weighted by Crippen LogP contribution is -2.46. The zero-order valence-electron chi connectivity index (χ0n) is 30.7. The van der Waals surface area contributed by atoms with Gasteiger partial charge in [0.15, 0.2) is 0 Å². The Morgan fingerprint density at radius 3 is 2.16 bits per heavy atom. The average Bonchev–Trinajstić information content (AvgIpc) is 3.31. The largest absolute Gasteiger partial charge is 0.346 e. The molecule has 0 saturated carbocycles. The third kappa shape index (κ3) is 7.74. The molecule has 49 heavy (non-hydrogen) atoms. The van der Waals surface area contributed by atoms with Crippen LogP contribution in [0.1, 0.15) is 102 Å². The number of hydrogen-bond acceptors (Lipinski definition) is 3. The second-order valence-corrected chi connectivity index (χ2v) is 19.8. The Hall–Kier alpha value is -4.46. The van der Waals surface area contributed by atoms with Gasteiger partial charge in [-0.1, -0.05) is 101 Å². The van der Waals surface area contributed by atoms with E-state index in [1.807, 2.05) is 43.3 Å². The first-order valence-electron chi connectivity index (χ1n) is 17.2. The van der Waals surface area contributed by atoms with E-state index < -0.39 is 8.32 Å². The molecule has 2 amide bonds. The number of hydrogen-bond donors (Lipinski definition) is 2. The van der Waals surface area contributed by atoms with Crippen molar-refractivity contribution in [2.45, 2.75) is 92.0 Å². The summed E-state index contributed by atoms with van der Waals surface area (Å²) < 4.78 is 8.32. The van der Waals surface area contributed by atoms with Gasteiger partial charge in [-0.05, 0) is 102 Å². The highest BCUT2D eigenvalue weighted by Crippen LogP contribution is 2.36. The van der Waals surface area contributed by atoms with Gasteiger partial charge in [0.05, 0.1) is 6.04 Å². The summed E-state index contributed by atoms with van der Waals surface area (Å²) in [6.45, 7) is 22.0. The summed E-state index contributed by atoms with van der Waals surface area (Å²) in [6.07, 6.45) is 0. The lowest BCUT2D eigenvalue weighted by molar-refractivity contribution is 0.0730. The molecule has 2 N–H and O–H groups in total. The zero-order chi connectivity index (χ0) is 35.7. The molecule has 0 fully saturated rings. The topological polar surface area (TPSA) is 72.4 Å². The summed E-state index contributed by atoms with van der Waals surface area (Å²) in [5.41, 5.74) is 12.7. The first-order valence-corrected chi connectivity index (χ1v) is 20.1. The van der Waals surface area contributed by atoms with E-state index in [1.54, 1.807) is 0 Å². The van der Waals surface area contributed by atoms with Crippen molar-refractivity contribution < 1.29 is 14.1 Å². The van der Waals surface area contributed by atoms with E-state index in [4.69, 9.17) is 4.53 Å². The Bertz CT molecular complexity index is 1980. The minimum Gasteiger partial charge on any atom is -0.346 e. The molecule has 1 atom stereocenters. The molecule has 0 radical (unpaired) electrons. The van der Waals surface area contributed by atoms with E-state index in [-0.39, 0.29) is 22.9 Å². The van der Waals surface area contributed by atoms with Gasteiger partial charge in [-0.2, -0.15) is 0 Å². The quantitative estimate of drug-likeness (QED) is 0.114. The number of carbonyl (C=O) groups excluding carboxylic acids is 2. The molecule has 0 spiro atoms. The summed E-state index contributed by atoms with van der Waals surface area (Å²) in [5, 5.41) is 4.26. The zero-order valence-corrected chi connectivity index (χ0v) is 31.7. The van der Waals surface area contributed by atoms with Crippen LogP contribution in [0.15, 0.2) is 91.0 Å². The molecule has 7 heteroatoms. The summed E-state index contributed by atoms with van der Waals surface area (Å²) in [6, 6.07) is 30.4. The lowest BCUT2D eigenvalue weighted by atomic mass is 9.98. The molecule has 4 aromatic carbocycles. The fourth-order valence-electron chi connectivity index (χ4n) is 5.83. The Kier molecular flexibility index (Phi) is 10.4. The summed E-state index contributed by atoms with van der Waals surface area (Å²) >= 11 is 0. The van der Waals surface area contributed by atoms with Crippen molar-refractivity contribution in [3.63, 3.8) is 0 Å². The molecule has 5 aromatic rings. The lowest BCUT2D eigenvalue weighted by Gasteiger charge is -2.35. The van der Waals surface area contributed by atoms with Crippen LogP contribution in [0.5, 0.6) is 0 Å². The Morgan fingerprint density at radius 2 is 1.49 bits per heavy atom. The van der Waals surface area contributed by atoms with E-state index in [2.05, 4.69) is 132 Å². The molecule has 0 bridgehead atoms. The van der Waals surface area contributed by atoms with Crippen molar-refractivity contribution >= 4 is 31.0 Å².